The predicted molar refractivity (Wildman–Crippen MR) is 82.6 cm³/mol. The van der Waals surface area contributed by atoms with Crippen LogP contribution in [0.4, 0.5) is 0 Å². The monoisotopic (exact) mass is 267 g/mol. The molecule has 2 aliphatic rings. The minimum Gasteiger partial charge on any atom is -0.313 e. The van der Waals surface area contributed by atoms with Crippen molar-refractivity contribution in [2.24, 2.45) is 0 Å². The Labute approximate surface area is 119 Å². The van der Waals surface area contributed by atoms with Crippen LogP contribution in [0.1, 0.15) is 52.4 Å². The van der Waals surface area contributed by atoms with Crippen LogP contribution in [0, 0.1) is 0 Å². The lowest BCUT2D eigenvalue weighted by Gasteiger charge is -2.38. The van der Waals surface area contributed by atoms with Gasteiger partial charge >= 0.3 is 0 Å². The van der Waals surface area contributed by atoms with Gasteiger partial charge in [0.15, 0.2) is 0 Å². The number of nitrogens with one attached hydrogen (secondary N) is 1. The van der Waals surface area contributed by atoms with Crippen LogP contribution in [-0.4, -0.2) is 61.2 Å². The third kappa shape index (κ3) is 4.73. The third-order valence-corrected chi connectivity index (χ3v) is 5.09. The molecule has 1 heterocycles. The molecule has 0 aromatic heterocycles. The van der Waals surface area contributed by atoms with Gasteiger partial charge in [0, 0.05) is 51.4 Å². The summed E-state index contributed by atoms with van der Waals surface area (Å²) < 4.78 is 0. The van der Waals surface area contributed by atoms with Crippen molar-refractivity contribution in [2.45, 2.75) is 64.5 Å². The maximum atomic E-state index is 3.68. The molecule has 3 heteroatoms. The first-order valence-corrected chi connectivity index (χ1v) is 8.53. The first kappa shape index (κ1) is 15.3. The van der Waals surface area contributed by atoms with Gasteiger partial charge in [0.25, 0.3) is 0 Å². The van der Waals surface area contributed by atoms with Crippen molar-refractivity contribution < 1.29 is 0 Å². The fourth-order valence-electron chi connectivity index (χ4n) is 3.63. The zero-order valence-corrected chi connectivity index (χ0v) is 13.0. The Bertz CT molecular complexity index is 223. The van der Waals surface area contributed by atoms with E-state index in [1.807, 2.05) is 0 Å². The number of piperazine rings is 1. The van der Waals surface area contributed by atoms with Crippen molar-refractivity contribution in [1.82, 2.24) is 15.1 Å². The summed E-state index contributed by atoms with van der Waals surface area (Å²) in [5.41, 5.74) is 0. The van der Waals surface area contributed by atoms with E-state index in [0.29, 0.717) is 0 Å². The highest BCUT2D eigenvalue weighted by Crippen LogP contribution is 2.24. The Morgan fingerprint density at radius 2 is 1.63 bits per heavy atom. The summed E-state index contributed by atoms with van der Waals surface area (Å²) in [6, 6.07) is 1.64. The smallest absolute Gasteiger partial charge is 0.0113 e. The molecule has 0 amide bonds. The van der Waals surface area contributed by atoms with Crippen molar-refractivity contribution >= 4 is 0 Å². The second kappa shape index (κ2) is 8.23. The SMILES string of the molecule is CCC(CC)NCCN1CCN(C2CCCC2)CC1. The molecule has 2 rings (SSSR count). The van der Waals surface area contributed by atoms with Gasteiger partial charge in [-0.05, 0) is 25.7 Å². The van der Waals surface area contributed by atoms with Gasteiger partial charge < -0.3 is 5.32 Å². The van der Waals surface area contributed by atoms with Gasteiger partial charge in [-0.1, -0.05) is 26.7 Å². The zero-order chi connectivity index (χ0) is 13.5. The van der Waals surface area contributed by atoms with Gasteiger partial charge in [-0.3, -0.25) is 9.80 Å². The molecule has 112 valence electrons. The summed E-state index contributed by atoms with van der Waals surface area (Å²) in [4.78, 5) is 5.39. The molecule has 0 bridgehead atoms. The molecule has 0 aromatic carbocycles. The van der Waals surface area contributed by atoms with Crippen LogP contribution in [0.2, 0.25) is 0 Å². The van der Waals surface area contributed by atoms with E-state index in [1.54, 1.807) is 0 Å². The van der Waals surface area contributed by atoms with Gasteiger partial charge in [0.05, 0.1) is 0 Å². The number of hydrogen-bond acceptors (Lipinski definition) is 3. The van der Waals surface area contributed by atoms with Gasteiger partial charge in [0.1, 0.15) is 0 Å². The van der Waals surface area contributed by atoms with E-state index in [-0.39, 0.29) is 0 Å². The summed E-state index contributed by atoms with van der Waals surface area (Å²) in [5, 5.41) is 3.68. The summed E-state index contributed by atoms with van der Waals surface area (Å²) >= 11 is 0. The molecule has 1 aliphatic heterocycles. The first-order valence-electron chi connectivity index (χ1n) is 8.53. The number of hydrogen-bond donors (Lipinski definition) is 1. The molecule has 1 saturated heterocycles. The lowest BCUT2D eigenvalue weighted by molar-refractivity contribution is 0.0978. The molecule has 0 atom stereocenters. The average molecular weight is 267 g/mol. The van der Waals surface area contributed by atoms with E-state index in [2.05, 4.69) is 29.0 Å². The molecule has 0 spiro atoms. The zero-order valence-electron chi connectivity index (χ0n) is 13.0. The molecule has 1 N–H and O–H groups in total. The lowest BCUT2D eigenvalue weighted by atomic mass is 10.1. The van der Waals surface area contributed by atoms with Crippen LogP contribution in [0.3, 0.4) is 0 Å². The predicted octanol–water partition coefficient (Wildman–Crippen LogP) is 2.32. The largest absolute Gasteiger partial charge is 0.313 e. The lowest BCUT2D eigenvalue weighted by Crippen LogP contribution is -2.51. The molecule has 3 nitrogen and oxygen atoms in total. The molecule has 19 heavy (non-hydrogen) atoms. The second-order valence-corrected chi connectivity index (χ2v) is 6.28. The van der Waals surface area contributed by atoms with Crippen molar-refractivity contribution in [3.05, 3.63) is 0 Å². The van der Waals surface area contributed by atoms with Gasteiger partial charge in [-0.25, -0.2) is 0 Å². The molecule has 1 aliphatic carbocycles. The average Bonchev–Trinajstić information content (AvgIpc) is 2.98. The maximum Gasteiger partial charge on any atom is 0.0113 e. The minimum absolute atomic E-state index is 0.722. The summed E-state index contributed by atoms with van der Waals surface area (Å²) in [6.07, 6.45) is 8.35. The van der Waals surface area contributed by atoms with Crippen molar-refractivity contribution in [1.29, 1.82) is 0 Å². The van der Waals surface area contributed by atoms with Crippen molar-refractivity contribution in [3.8, 4) is 0 Å². The Balaban J connectivity index is 1.58. The molecule has 2 fully saturated rings. The van der Waals surface area contributed by atoms with Gasteiger partial charge in [0.2, 0.25) is 0 Å². The summed E-state index contributed by atoms with van der Waals surface area (Å²) in [5.74, 6) is 0. The van der Waals surface area contributed by atoms with E-state index >= 15 is 0 Å². The fourth-order valence-corrected chi connectivity index (χ4v) is 3.63. The number of rotatable bonds is 7. The fraction of sp³-hybridized carbons (Fsp3) is 1.00. The highest BCUT2D eigenvalue weighted by atomic mass is 15.3. The molecule has 0 aromatic rings. The molecular formula is C16H33N3. The summed E-state index contributed by atoms with van der Waals surface area (Å²) in [6.45, 7) is 12.1. The Kier molecular flexibility index (Phi) is 6.62. The molecule has 0 unspecified atom stereocenters. The van der Waals surface area contributed by atoms with Crippen LogP contribution in [-0.2, 0) is 0 Å². The van der Waals surface area contributed by atoms with E-state index in [4.69, 9.17) is 0 Å². The van der Waals surface area contributed by atoms with Crippen LogP contribution in [0.25, 0.3) is 0 Å². The third-order valence-electron chi connectivity index (χ3n) is 5.09. The van der Waals surface area contributed by atoms with Crippen LogP contribution in [0.5, 0.6) is 0 Å². The van der Waals surface area contributed by atoms with E-state index < -0.39 is 0 Å². The van der Waals surface area contributed by atoms with Crippen LogP contribution in [0.15, 0.2) is 0 Å². The second-order valence-electron chi connectivity index (χ2n) is 6.28. The molecular weight excluding hydrogens is 234 g/mol. The van der Waals surface area contributed by atoms with Crippen LogP contribution < -0.4 is 5.32 Å². The van der Waals surface area contributed by atoms with Crippen LogP contribution >= 0.6 is 0 Å². The number of nitrogens with zero attached hydrogens (tertiary/aromatic N) is 2. The van der Waals surface area contributed by atoms with E-state index in [0.717, 1.165) is 18.6 Å². The normalized spacial score (nSPS) is 23.5. The van der Waals surface area contributed by atoms with Crippen molar-refractivity contribution in [2.75, 3.05) is 39.3 Å². The summed E-state index contributed by atoms with van der Waals surface area (Å²) in [7, 11) is 0. The Morgan fingerprint density at radius 3 is 2.21 bits per heavy atom. The molecule has 1 saturated carbocycles. The highest BCUT2D eigenvalue weighted by Gasteiger charge is 2.25. The first-order chi connectivity index (χ1) is 9.33. The topological polar surface area (TPSA) is 18.5 Å². The molecule has 0 radical (unpaired) electrons. The maximum absolute atomic E-state index is 3.68. The van der Waals surface area contributed by atoms with E-state index in [1.165, 1.54) is 71.2 Å². The van der Waals surface area contributed by atoms with E-state index in [9.17, 15) is 0 Å². The Hall–Kier alpha value is -0.120. The standard InChI is InChI=1S/C16H33N3/c1-3-15(4-2)17-9-10-18-11-13-19(14-12-18)16-7-5-6-8-16/h15-17H,3-14H2,1-2H3. The Morgan fingerprint density at radius 1 is 1.00 bits per heavy atom. The van der Waals surface area contributed by atoms with Gasteiger partial charge in [-0.15, -0.1) is 0 Å². The highest BCUT2D eigenvalue weighted by molar-refractivity contribution is 4.82. The minimum atomic E-state index is 0.722. The van der Waals surface area contributed by atoms with Crippen molar-refractivity contribution in [3.63, 3.8) is 0 Å². The quantitative estimate of drug-likeness (QED) is 0.764. The van der Waals surface area contributed by atoms with Gasteiger partial charge in [-0.2, -0.15) is 0 Å².